The predicted molar refractivity (Wildman–Crippen MR) is 83.9 cm³/mol. The smallest absolute Gasteiger partial charge is 0.254 e. The average Bonchev–Trinajstić information content (AvgIpc) is 2.44. The van der Waals surface area contributed by atoms with Gasteiger partial charge in [-0.25, -0.2) is 0 Å². The highest BCUT2D eigenvalue weighted by atomic mass is 127. The van der Waals surface area contributed by atoms with Gasteiger partial charge in [0.15, 0.2) is 6.61 Å². The number of aliphatic hydroxyl groups is 1. The van der Waals surface area contributed by atoms with Crippen LogP contribution in [0.2, 0.25) is 0 Å². The van der Waals surface area contributed by atoms with Crippen molar-refractivity contribution in [2.24, 2.45) is 0 Å². The fourth-order valence-electron chi connectivity index (χ4n) is 2.23. The molecule has 0 heterocycles. The van der Waals surface area contributed by atoms with Crippen molar-refractivity contribution < 1.29 is 28.7 Å². The van der Waals surface area contributed by atoms with Crippen LogP contribution >= 0.6 is 0 Å². The molecule has 1 N–H and O–H groups in total. The summed E-state index contributed by atoms with van der Waals surface area (Å²) >= 11 is 0. The summed E-state index contributed by atoms with van der Waals surface area (Å²) in [5.74, 6) is 1.11. The fraction of sp³-hybridized carbons (Fsp3) is 0.647. The molecule has 116 valence electrons. The quantitative estimate of drug-likeness (QED) is 0.350. The van der Waals surface area contributed by atoms with Crippen molar-refractivity contribution in [2.75, 3.05) is 19.7 Å². The van der Waals surface area contributed by atoms with E-state index in [4.69, 9.17) is 0 Å². The minimum Gasteiger partial charge on any atom is -1.00 e. The van der Waals surface area contributed by atoms with Gasteiger partial charge >= 0.3 is 0 Å². The summed E-state index contributed by atoms with van der Waals surface area (Å²) in [7, 11) is 0. The first-order valence-corrected chi connectivity index (χ1v) is 7.65. The largest absolute Gasteiger partial charge is 1.00 e. The summed E-state index contributed by atoms with van der Waals surface area (Å²) in [6, 6.07) is 9.17. The summed E-state index contributed by atoms with van der Waals surface area (Å²) in [5, 5.41) is 0. The van der Waals surface area contributed by atoms with E-state index in [1.165, 1.54) is 31.4 Å². The number of aryl methyl sites for hydroxylation is 1. The van der Waals surface area contributed by atoms with Gasteiger partial charge in [0, 0.05) is 24.6 Å². The number of rotatable bonds is 9. The molecule has 0 fully saturated rings. The summed E-state index contributed by atoms with van der Waals surface area (Å²) in [6.45, 7) is 12.3. The Morgan fingerprint density at radius 1 is 1.10 bits per heavy atom. The monoisotopic (exact) mass is 391 g/mol. The molecular formula is C17H30INO. The molecule has 0 spiro atoms. The summed E-state index contributed by atoms with van der Waals surface area (Å²) in [4.78, 5) is 2.56. The van der Waals surface area contributed by atoms with Gasteiger partial charge in [0.2, 0.25) is 0 Å². The molecule has 0 amide bonds. The topological polar surface area (TPSA) is 16.0 Å². The summed E-state index contributed by atoms with van der Waals surface area (Å²) < 4.78 is 4.62. The average molecular weight is 391 g/mol. The van der Waals surface area contributed by atoms with Gasteiger partial charge in [0.1, 0.15) is 0 Å². The van der Waals surface area contributed by atoms with Gasteiger partial charge < -0.3 is 33.6 Å². The summed E-state index contributed by atoms with van der Waals surface area (Å²) in [6.07, 6.45) is 3.66. The number of halogens is 1. The number of hydrogen-bond acceptors (Lipinski definition) is 1. The zero-order valence-electron chi connectivity index (χ0n) is 13.4. The van der Waals surface area contributed by atoms with Gasteiger partial charge in [-0.1, -0.05) is 31.5 Å². The molecule has 3 heteroatoms. The normalized spacial score (nSPS) is 12.1. The lowest BCUT2D eigenvalue weighted by Gasteiger charge is -2.26. The second-order valence-electron chi connectivity index (χ2n) is 5.31. The van der Waals surface area contributed by atoms with Crippen LogP contribution in [0.4, 0.5) is 0 Å². The molecule has 1 atom stereocenters. The van der Waals surface area contributed by atoms with Crippen molar-refractivity contribution >= 4 is 0 Å². The van der Waals surface area contributed by atoms with Crippen LogP contribution in [0.5, 0.6) is 5.75 Å². The molecule has 0 saturated heterocycles. The third-order valence-corrected chi connectivity index (χ3v) is 3.80. The van der Waals surface area contributed by atoms with Crippen molar-refractivity contribution in [1.29, 1.82) is 0 Å². The van der Waals surface area contributed by atoms with E-state index in [2.05, 4.69) is 61.6 Å². The molecule has 0 bridgehead atoms. The molecule has 0 aromatic heterocycles. The van der Waals surface area contributed by atoms with Crippen LogP contribution in [0.15, 0.2) is 24.3 Å². The molecule has 1 rings (SSSR count). The Morgan fingerprint density at radius 3 is 2.30 bits per heavy atom. The minimum absolute atomic E-state index is 0. The lowest BCUT2D eigenvalue weighted by Crippen LogP contribution is -3.00. The number of benzene rings is 1. The third-order valence-electron chi connectivity index (χ3n) is 3.80. The van der Waals surface area contributed by atoms with Crippen LogP contribution in [0.1, 0.15) is 45.6 Å². The number of unbranched alkanes of at least 4 members (excludes halogenated alkanes) is 1. The van der Waals surface area contributed by atoms with Crippen molar-refractivity contribution in [2.45, 2.75) is 53.0 Å². The highest BCUT2D eigenvalue weighted by Gasteiger charge is 2.09. The van der Waals surface area contributed by atoms with Crippen LogP contribution in [0, 0.1) is 6.92 Å². The lowest BCUT2D eigenvalue weighted by molar-refractivity contribution is -0.00000719. The second kappa shape index (κ2) is 11.4. The molecule has 0 aliphatic carbocycles. The molecule has 0 radical (unpaired) electrons. The maximum Gasteiger partial charge on any atom is 0.254 e. The third kappa shape index (κ3) is 7.48. The first kappa shape index (κ1) is 19.7. The Morgan fingerprint density at radius 2 is 1.75 bits per heavy atom. The molecule has 0 aliphatic rings. The van der Waals surface area contributed by atoms with Gasteiger partial charge in [-0.05, 0) is 39.8 Å². The molecule has 1 aromatic rings. The minimum atomic E-state index is 0. The summed E-state index contributed by atoms with van der Waals surface area (Å²) in [5.41, 5.74) is 1.30. The van der Waals surface area contributed by atoms with E-state index in [0.29, 0.717) is 6.04 Å². The zero-order valence-corrected chi connectivity index (χ0v) is 15.6. The predicted octanol–water partition coefficient (Wildman–Crippen LogP) is 1.14. The zero-order chi connectivity index (χ0) is 14.1. The van der Waals surface area contributed by atoms with Crippen LogP contribution in [-0.4, -0.2) is 35.4 Å². The van der Waals surface area contributed by atoms with Gasteiger partial charge in [0.25, 0.3) is 5.75 Å². The Bertz CT molecular complexity index is 339. The molecule has 1 aromatic carbocycles. The Hall–Kier alpha value is -0.290. The maximum atomic E-state index is 4.62. The number of nitrogens with zero attached hydrogens (tertiary/aromatic N) is 1. The molecule has 0 aliphatic heterocycles. The van der Waals surface area contributed by atoms with Gasteiger partial charge in [-0.2, -0.15) is 0 Å². The number of hydrogen-bond donors (Lipinski definition) is 0. The fourth-order valence-corrected chi connectivity index (χ4v) is 2.23. The van der Waals surface area contributed by atoms with E-state index in [1.807, 2.05) is 0 Å². The van der Waals surface area contributed by atoms with E-state index >= 15 is 0 Å². The van der Waals surface area contributed by atoms with Crippen molar-refractivity contribution in [1.82, 2.24) is 4.90 Å². The lowest BCUT2D eigenvalue weighted by atomic mass is 10.2. The van der Waals surface area contributed by atoms with Crippen LogP contribution in [0.25, 0.3) is 0 Å². The van der Waals surface area contributed by atoms with Gasteiger partial charge in [-0.3, -0.25) is 0 Å². The standard InChI is InChI=1S/C17H29NO.HI/c1-5-16(4)18(6-2)13-7-8-14-19-17-11-9-15(3)10-12-17;/h9-12,16H,5-8,13-14H2,1-4H3;1H. The first-order chi connectivity index (χ1) is 9.17. The van der Waals surface area contributed by atoms with E-state index < -0.39 is 0 Å². The number of ether oxygens (including phenoxy) is 1. The molecule has 20 heavy (non-hydrogen) atoms. The molecule has 1 unspecified atom stereocenters. The van der Waals surface area contributed by atoms with Gasteiger partial charge in [-0.15, -0.1) is 0 Å². The van der Waals surface area contributed by atoms with Crippen molar-refractivity contribution in [3.05, 3.63) is 29.8 Å². The SMILES string of the molecule is CCC(C)N(CC)CCCC[OH+]c1ccc(C)cc1.[I-]. The highest BCUT2D eigenvalue weighted by molar-refractivity contribution is 5.25. The highest BCUT2D eigenvalue weighted by Crippen LogP contribution is 2.13. The van der Waals surface area contributed by atoms with Crippen molar-refractivity contribution in [3.8, 4) is 5.75 Å². The van der Waals surface area contributed by atoms with E-state index in [-0.39, 0.29) is 24.0 Å². The van der Waals surface area contributed by atoms with E-state index in [0.717, 1.165) is 18.9 Å². The Labute approximate surface area is 141 Å². The Balaban J connectivity index is 0.00000361. The van der Waals surface area contributed by atoms with Crippen LogP contribution < -0.4 is 24.0 Å². The maximum absolute atomic E-state index is 4.62. The van der Waals surface area contributed by atoms with E-state index in [9.17, 15) is 0 Å². The number of aromatic hydroxyl groups is 1. The van der Waals surface area contributed by atoms with Crippen LogP contribution in [-0.2, 0) is 0 Å². The molecule has 2 nitrogen and oxygen atoms in total. The van der Waals surface area contributed by atoms with E-state index in [1.54, 1.807) is 0 Å². The molecular weight excluding hydrogens is 361 g/mol. The Kier molecular flexibility index (Phi) is 11.2. The van der Waals surface area contributed by atoms with Crippen LogP contribution in [0.3, 0.4) is 0 Å². The van der Waals surface area contributed by atoms with Crippen molar-refractivity contribution in [3.63, 3.8) is 0 Å². The van der Waals surface area contributed by atoms with Gasteiger partial charge in [0.05, 0.1) is 0 Å². The molecule has 0 saturated carbocycles. The second-order valence-corrected chi connectivity index (χ2v) is 5.31. The first-order valence-electron chi connectivity index (χ1n) is 7.65.